The molecule has 2 fully saturated rings. The summed E-state index contributed by atoms with van der Waals surface area (Å²) in [6.45, 7) is 4.85. The van der Waals surface area contributed by atoms with E-state index in [4.69, 9.17) is 4.74 Å². The molecule has 2 saturated carbocycles. The van der Waals surface area contributed by atoms with Gasteiger partial charge < -0.3 is 15.0 Å². The lowest BCUT2D eigenvalue weighted by Gasteiger charge is -2.29. The van der Waals surface area contributed by atoms with E-state index in [-0.39, 0.29) is 12.0 Å². The second-order valence-corrected chi connectivity index (χ2v) is 6.69. The zero-order chi connectivity index (χ0) is 14.5. The van der Waals surface area contributed by atoms with E-state index in [1.807, 2.05) is 0 Å². The van der Waals surface area contributed by atoms with Crippen LogP contribution < -0.4 is 5.32 Å². The average Bonchev–Trinajstić information content (AvgIpc) is 3.04. The van der Waals surface area contributed by atoms with Crippen molar-refractivity contribution in [1.29, 1.82) is 0 Å². The van der Waals surface area contributed by atoms with Gasteiger partial charge >= 0.3 is 5.97 Å². The van der Waals surface area contributed by atoms with Crippen molar-refractivity contribution in [2.75, 3.05) is 33.8 Å². The predicted molar refractivity (Wildman–Crippen MR) is 80.5 cm³/mol. The van der Waals surface area contributed by atoms with Crippen molar-refractivity contribution in [3.8, 4) is 0 Å². The number of ether oxygens (including phenoxy) is 1. The Hall–Kier alpha value is -0.610. The summed E-state index contributed by atoms with van der Waals surface area (Å²) in [5.41, 5.74) is 0. The Morgan fingerprint density at radius 1 is 1.40 bits per heavy atom. The molecule has 0 aromatic rings. The molecule has 116 valence electrons. The van der Waals surface area contributed by atoms with Gasteiger partial charge in [-0.3, -0.25) is 4.79 Å². The summed E-state index contributed by atoms with van der Waals surface area (Å²) in [5, 5.41) is 3.29. The number of methoxy groups -OCH3 is 1. The molecule has 0 aromatic carbocycles. The molecule has 2 aliphatic rings. The van der Waals surface area contributed by atoms with Gasteiger partial charge in [-0.2, -0.15) is 0 Å². The number of hydrogen-bond donors (Lipinski definition) is 1. The molecule has 0 amide bonds. The fraction of sp³-hybridized carbons (Fsp3) is 0.938. The van der Waals surface area contributed by atoms with Gasteiger partial charge in [0.25, 0.3) is 0 Å². The number of nitrogens with zero attached hydrogens (tertiary/aromatic N) is 1. The molecular weight excluding hydrogens is 252 g/mol. The van der Waals surface area contributed by atoms with Crippen molar-refractivity contribution in [3.05, 3.63) is 0 Å². The van der Waals surface area contributed by atoms with Crippen LogP contribution in [-0.2, 0) is 9.53 Å². The van der Waals surface area contributed by atoms with Gasteiger partial charge in [0.15, 0.2) is 0 Å². The second kappa shape index (κ2) is 7.41. The molecule has 0 radical (unpaired) electrons. The minimum Gasteiger partial charge on any atom is -0.468 e. The monoisotopic (exact) mass is 282 g/mol. The summed E-state index contributed by atoms with van der Waals surface area (Å²) in [6, 6.07) is -0.191. The molecule has 1 N–H and O–H groups in total. The molecule has 0 spiro atoms. The number of carbonyl (C=O) groups is 1. The van der Waals surface area contributed by atoms with Crippen molar-refractivity contribution in [2.45, 2.75) is 45.1 Å². The minimum absolute atomic E-state index is 0.141. The van der Waals surface area contributed by atoms with Crippen LogP contribution in [0.3, 0.4) is 0 Å². The van der Waals surface area contributed by atoms with Crippen molar-refractivity contribution >= 4 is 5.97 Å². The highest BCUT2D eigenvalue weighted by molar-refractivity contribution is 5.75. The highest BCUT2D eigenvalue weighted by Gasteiger charge is 2.39. The van der Waals surface area contributed by atoms with E-state index in [9.17, 15) is 4.79 Å². The van der Waals surface area contributed by atoms with Crippen LogP contribution in [-0.4, -0.2) is 50.7 Å². The van der Waals surface area contributed by atoms with E-state index < -0.39 is 0 Å². The van der Waals surface area contributed by atoms with Crippen LogP contribution in [0.1, 0.15) is 39.0 Å². The van der Waals surface area contributed by atoms with Crippen LogP contribution in [0.4, 0.5) is 0 Å². The minimum atomic E-state index is -0.191. The van der Waals surface area contributed by atoms with E-state index in [1.54, 1.807) is 0 Å². The number of rotatable bonds is 8. The lowest BCUT2D eigenvalue weighted by molar-refractivity contribution is -0.143. The second-order valence-electron chi connectivity index (χ2n) is 6.69. The van der Waals surface area contributed by atoms with Crippen LogP contribution >= 0.6 is 0 Å². The normalized spacial score (nSPS) is 29.9. The van der Waals surface area contributed by atoms with Gasteiger partial charge in [-0.1, -0.05) is 13.3 Å². The molecule has 0 aliphatic heterocycles. The Morgan fingerprint density at radius 3 is 2.75 bits per heavy atom. The quantitative estimate of drug-likeness (QED) is 0.690. The average molecular weight is 282 g/mol. The molecule has 2 rings (SSSR count). The first-order valence-electron chi connectivity index (χ1n) is 8.13. The molecule has 2 bridgehead atoms. The summed E-state index contributed by atoms with van der Waals surface area (Å²) in [7, 11) is 3.61. The van der Waals surface area contributed by atoms with Crippen molar-refractivity contribution in [1.82, 2.24) is 10.2 Å². The summed E-state index contributed by atoms with van der Waals surface area (Å²) in [5.74, 6) is 2.65. The Kier molecular flexibility index (Phi) is 5.85. The number of esters is 1. The first-order valence-corrected chi connectivity index (χ1v) is 8.13. The summed E-state index contributed by atoms with van der Waals surface area (Å²) in [6.07, 6.45) is 6.77. The van der Waals surface area contributed by atoms with Crippen molar-refractivity contribution in [2.24, 2.45) is 17.8 Å². The Bertz CT molecular complexity index is 322. The molecule has 0 aromatic heterocycles. The van der Waals surface area contributed by atoms with Crippen molar-refractivity contribution in [3.63, 3.8) is 0 Å². The van der Waals surface area contributed by atoms with Gasteiger partial charge in [0, 0.05) is 13.1 Å². The zero-order valence-electron chi connectivity index (χ0n) is 13.2. The fourth-order valence-corrected chi connectivity index (χ4v) is 4.07. The molecule has 4 atom stereocenters. The van der Waals surface area contributed by atoms with Gasteiger partial charge in [-0.25, -0.2) is 0 Å². The first kappa shape index (κ1) is 15.8. The number of hydrogen-bond acceptors (Lipinski definition) is 4. The largest absolute Gasteiger partial charge is 0.468 e. The maximum Gasteiger partial charge on any atom is 0.324 e. The molecular formula is C16H30N2O2. The third kappa shape index (κ3) is 3.95. The summed E-state index contributed by atoms with van der Waals surface area (Å²) < 4.78 is 4.90. The zero-order valence-corrected chi connectivity index (χ0v) is 13.2. The van der Waals surface area contributed by atoms with Crippen LogP contribution in [0, 0.1) is 17.8 Å². The highest BCUT2D eigenvalue weighted by Crippen LogP contribution is 2.48. The van der Waals surface area contributed by atoms with E-state index in [0.717, 1.165) is 43.8 Å². The molecule has 2 aliphatic carbocycles. The Labute approximate surface area is 123 Å². The molecule has 0 heterocycles. The van der Waals surface area contributed by atoms with Gasteiger partial charge in [-0.15, -0.1) is 0 Å². The number of carbonyl (C=O) groups excluding carboxylic acids is 1. The molecule has 20 heavy (non-hydrogen) atoms. The van der Waals surface area contributed by atoms with Crippen LogP contribution in [0.5, 0.6) is 0 Å². The van der Waals surface area contributed by atoms with E-state index in [1.165, 1.54) is 32.8 Å². The standard InChI is InChI=1S/C16H30N2O2/c1-4-7-17-15(16(19)20-3)11-18(2)10-14-9-12-5-6-13(14)8-12/h12-15,17H,4-11H2,1-3H3. The summed E-state index contributed by atoms with van der Waals surface area (Å²) in [4.78, 5) is 14.1. The fourth-order valence-electron chi connectivity index (χ4n) is 4.07. The van der Waals surface area contributed by atoms with Gasteiger partial charge in [0.1, 0.15) is 6.04 Å². The first-order chi connectivity index (χ1) is 9.63. The van der Waals surface area contributed by atoms with Gasteiger partial charge in [-0.05, 0) is 57.0 Å². The van der Waals surface area contributed by atoms with Crippen LogP contribution in [0.25, 0.3) is 0 Å². The Balaban J connectivity index is 1.78. The SMILES string of the molecule is CCCNC(CN(C)CC1CC2CCC1C2)C(=O)OC. The van der Waals surface area contributed by atoms with E-state index >= 15 is 0 Å². The molecule has 4 unspecified atom stereocenters. The number of likely N-dealkylation sites (N-methyl/N-ethyl adjacent to an activating group) is 1. The predicted octanol–water partition coefficient (Wildman–Crippen LogP) is 1.90. The summed E-state index contributed by atoms with van der Waals surface area (Å²) >= 11 is 0. The maximum absolute atomic E-state index is 11.8. The molecule has 4 nitrogen and oxygen atoms in total. The van der Waals surface area contributed by atoms with Gasteiger partial charge in [0.05, 0.1) is 7.11 Å². The lowest BCUT2D eigenvalue weighted by atomic mass is 9.88. The van der Waals surface area contributed by atoms with Gasteiger partial charge in [0.2, 0.25) is 0 Å². The lowest BCUT2D eigenvalue weighted by Crippen LogP contribution is -2.47. The van der Waals surface area contributed by atoms with Crippen LogP contribution in [0.15, 0.2) is 0 Å². The number of nitrogens with one attached hydrogen (secondary N) is 1. The van der Waals surface area contributed by atoms with Crippen LogP contribution in [0.2, 0.25) is 0 Å². The topological polar surface area (TPSA) is 41.6 Å². The number of fused-ring (bicyclic) bond motifs is 2. The molecule has 0 saturated heterocycles. The smallest absolute Gasteiger partial charge is 0.324 e. The molecule has 4 heteroatoms. The highest BCUT2D eigenvalue weighted by atomic mass is 16.5. The van der Waals surface area contributed by atoms with Crippen molar-refractivity contribution < 1.29 is 9.53 Å². The third-order valence-corrected chi connectivity index (χ3v) is 5.05. The van der Waals surface area contributed by atoms with E-state index in [2.05, 4.69) is 24.2 Å². The maximum atomic E-state index is 11.8. The Morgan fingerprint density at radius 2 is 2.20 bits per heavy atom. The third-order valence-electron chi connectivity index (χ3n) is 5.05. The van der Waals surface area contributed by atoms with E-state index in [0.29, 0.717) is 0 Å².